The fraction of sp³-hybridized carbons (Fsp3) is 0.0189. The molecule has 0 bridgehead atoms. The van der Waals surface area contributed by atoms with Crippen molar-refractivity contribution < 1.29 is 28.0 Å². The molecule has 0 fully saturated rings. The summed E-state index contributed by atoms with van der Waals surface area (Å²) in [6.45, 7) is 0. The molecule has 1 aliphatic carbocycles. The number of anilines is 2. The van der Waals surface area contributed by atoms with Gasteiger partial charge in [0.05, 0.1) is 17.9 Å². The van der Waals surface area contributed by atoms with Crippen molar-refractivity contribution in [1.82, 2.24) is 10.6 Å². The number of fused-ring (bicyclic) bond motifs is 3. The SMILES string of the molecule is O=C(Nc1ccc(C2(c3ccc(NC(=O)/C(=C\c4ccco4)NC(=O)c4ccccc4)cc3)c3ccccc3-c3ccccc32)cc1)/C(=C/c1ccco1)NC(=O)c1ccccc1. The zero-order valence-electron chi connectivity index (χ0n) is 33.6. The van der Waals surface area contributed by atoms with Crippen LogP contribution in [0, 0.1) is 0 Å². The molecule has 0 spiro atoms. The van der Waals surface area contributed by atoms with Gasteiger partial charge in [0.1, 0.15) is 22.9 Å². The molecule has 0 saturated heterocycles. The van der Waals surface area contributed by atoms with Gasteiger partial charge >= 0.3 is 0 Å². The van der Waals surface area contributed by atoms with Gasteiger partial charge in [-0.25, -0.2) is 0 Å². The van der Waals surface area contributed by atoms with E-state index in [9.17, 15) is 19.2 Å². The number of rotatable bonds is 12. The fourth-order valence-electron chi connectivity index (χ4n) is 7.94. The lowest BCUT2D eigenvalue weighted by atomic mass is 9.67. The van der Waals surface area contributed by atoms with Crippen molar-refractivity contribution in [3.8, 4) is 11.1 Å². The van der Waals surface area contributed by atoms with Crippen LogP contribution < -0.4 is 21.3 Å². The van der Waals surface area contributed by atoms with Gasteiger partial charge in [0, 0.05) is 34.7 Å². The molecule has 63 heavy (non-hydrogen) atoms. The van der Waals surface area contributed by atoms with E-state index in [1.807, 2.05) is 84.9 Å². The molecule has 4 amide bonds. The lowest BCUT2D eigenvalue weighted by molar-refractivity contribution is -0.113. The molecule has 6 aromatic carbocycles. The minimum atomic E-state index is -0.791. The Morgan fingerprint density at radius 3 is 1.17 bits per heavy atom. The Morgan fingerprint density at radius 1 is 0.413 bits per heavy atom. The van der Waals surface area contributed by atoms with E-state index < -0.39 is 29.0 Å². The van der Waals surface area contributed by atoms with Crippen LogP contribution in [0.1, 0.15) is 54.5 Å². The van der Waals surface area contributed by atoms with E-state index in [1.54, 1.807) is 72.8 Å². The zero-order valence-corrected chi connectivity index (χ0v) is 33.6. The highest BCUT2D eigenvalue weighted by Gasteiger charge is 2.45. The number of furan rings is 2. The van der Waals surface area contributed by atoms with Crippen molar-refractivity contribution in [3.63, 3.8) is 0 Å². The second-order valence-corrected chi connectivity index (χ2v) is 14.7. The Balaban J connectivity index is 1.03. The first-order chi connectivity index (χ1) is 30.9. The van der Waals surface area contributed by atoms with Crippen LogP contribution in [-0.2, 0) is 15.0 Å². The Bertz CT molecular complexity index is 2790. The first-order valence-electron chi connectivity index (χ1n) is 20.1. The van der Waals surface area contributed by atoms with Crippen LogP contribution in [0.4, 0.5) is 11.4 Å². The largest absolute Gasteiger partial charge is 0.465 e. The molecular weight excluding hydrogens is 789 g/mol. The van der Waals surface area contributed by atoms with Crippen LogP contribution >= 0.6 is 0 Å². The summed E-state index contributed by atoms with van der Waals surface area (Å²) in [5.74, 6) is -1.15. The summed E-state index contributed by atoms with van der Waals surface area (Å²) in [6, 6.07) is 56.0. The van der Waals surface area contributed by atoms with Crippen LogP contribution in [0.25, 0.3) is 23.3 Å². The third kappa shape index (κ3) is 8.12. The molecule has 2 aromatic heterocycles. The third-order valence-electron chi connectivity index (χ3n) is 10.8. The number of hydrogen-bond acceptors (Lipinski definition) is 6. The Kier molecular flexibility index (Phi) is 11.0. The second-order valence-electron chi connectivity index (χ2n) is 14.7. The molecule has 10 heteroatoms. The van der Waals surface area contributed by atoms with E-state index in [1.165, 1.54) is 24.7 Å². The topological polar surface area (TPSA) is 143 Å². The summed E-state index contributed by atoms with van der Waals surface area (Å²) in [5.41, 5.74) is 7.23. The second kappa shape index (κ2) is 17.5. The van der Waals surface area contributed by atoms with E-state index in [2.05, 4.69) is 45.5 Å². The van der Waals surface area contributed by atoms with E-state index in [4.69, 9.17) is 8.83 Å². The molecule has 0 saturated carbocycles. The van der Waals surface area contributed by atoms with E-state index in [0.29, 0.717) is 34.0 Å². The Labute approximate surface area is 362 Å². The van der Waals surface area contributed by atoms with Crippen molar-refractivity contribution in [3.05, 3.63) is 251 Å². The van der Waals surface area contributed by atoms with Crippen LogP contribution in [-0.4, -0.2) is 23.6 Å². The van der Waals surface area contributed by atoms with Crippen LogP contribution in [0.15, 0.2) is 215 Å². The quantitative estimate of drug-likeness (QED) is 0.0904. The predicted molar refractivity (Wildman–Crippen MR) is 242 cm³/mol. The molecule has 9 rings (SSSR count). The van der Waals surface area contributed by atoms with Gasteiger partial charge in [-0.05, 0) is 106 Å². The molecule has 4 N–H and O–H groups in total. The normalized spacial score (nSPS) is 12.7. The summed E-state index contributed by atoms with van der Waals surface area (Å²) in [4.78, 5) is 53.9. The van der Waals surface area contributed by atoms with Gasteiger partial charge in [-0.2, -0.15) is 0 Å². The summed E-state index contributed by atoms with van der Waals surface area (Å²) in [6.07, 6.45) is 5.94. The monoisotopic (exact) mass is 826 g/mol. The number of amides is 4. The van der Waals surface area contributed by atoms with Gasteiger partial charge in [-0.3, -0.25) is 19.2 Å². The average molecular weight is 827 g/mol. The third-order valence-corrected chi connectivity index (χ3v) is 10.8. The lowest BCUT2D eigenvalue weighted by Gasteiger charge is -2.34. The highest BCUT2D eigenvalue weighted by molar-refractivity contribution is 6.11. The average Bonchev–Trinajstić information content (AvgIpc) is 4.11. The van der Waals surface area contributed by atoms with Crippen molar-refractivity contribution in [2.45, 2.75) is 5.41 Å². The zero-order chi connectivity index (χ0) is 43.2. The van der Waals surface area contributed by atoms with Crippen LogP contribution in [0.5, 0.6) is 0 Å². The maximum absolute atomic E-state index is 13.8. The Hall–Kier alpha value is -8.76. The molecule has 306 valence electrons. The van der Waals surface area contributed by atoms with Gasteiger partial charge in [0.15, 0.2) is 0 Å². The molecule has 0 radical (unpaired) electrons. The number of hydrogen-bond donors (Lipinski definition) is 4. The van der Waals surface area contributed by atoms with Crippen molar-refractivity contribution in [2.24, 2.45) is 0 Å². The first-order valence-corrected chi connectivity index (χ1v) is 20.1. The highest BCUT2D eigenvalue weighted by atomic mass is 16.3. The molecular formula is C53H38N4O6. The first kappa shape index (κ1) is 39.7. The summed E-state index contributed by atoms with van der Waals surface area (Å²) in [5, 5.41) is 11.4. The van der Waals surface area contributed by atoms with E-state index in [-0.39, 0.29) is 11.4 Å². The van der Waals surface area contributed by atoms with Crippen LogP contribution in [0.3, 0.4) is 0 Å². The Morgan fingerprint density at radius 2 is 0.794 bits per heavy atom. The van der Waals surface area contributed by atoms with E-state index >= 15 is 0 Å². The maximum Gasteiger partial charge on any atom is 0.272 e. The molecule has 1 aliphatic rings. The smallest absolute Gasteiger partial charge is 0.272 e. The van der Waals surface area contributed by atoms with Gasteiger partial charge in [0.25, 0.3) is 23.6 Å². The standard InChI is InChI=1S/C53H38N4O6/c58-49(35-13-3-1-4-14-35)56-47(33-41-17-11-31-62-41)51(60)54-39-27-23-37(24-28-39)53(45-21-9-7-19-43(45)44-20-8-10-22-46(44)53)38-25-29-40(30-26-38)55-52(61)48(34-42-18-12-32-63-42)57-50(59)36-15-5-2-6-16-36/h1-34H,(H,54,60)(H,55,61)(H,56,58)(H,57,59)/b47-33-,48-34+. The number of nitrogens with one attached hydrogen (secondary N) is 4. The van der Waals surface area contributed by atoms with Gasteiger partial charge in [-0.1, -0.05) is 109 Å². The van der Waals surface area contributed by atoms with Crippen LogP contribution in [0.2, 0.25) is 0 Å². The van der Waals surface area contributed by atoms with Crippen molar-refractivity contribution >= 4 is 47.2 Å². The van der Waals surface area contributed by atoms with Gasteiger partial charge in [-0.15, -0.1) is 0 Å². The molecule has 0 aliphatic heterocycles. The summed E-state index contributed by atoms with van der Waals surface area (Å²) >= 11 is 0. The fourth-order valence-corrected chi connectivity index (χ4v) is 7.94. The number of carbonyl (C=O) groups excluding carboxylic acids is 4. The molecule has 0 unspecified atom stereocenters. The minimum absolute atomic E-state index is 0.00679. The van der Waals surface area contributed by atoms with Crippen molar-refractivity contribution in [1.29, 1.82) is 0 Å². The molecule has 10 nitrogen and oxygen atoms in total. The number of benzene rings is 6. The maximum atomic E-state index is 13.8. The van der Waals surface area contributed by atoms with Gasteiger partial charge in [0.2, 0.25) is 0 Å². The van der Waals surface area contributed by atoms with Crippen molar-refractivity contribution in [2.75, 3.05) is 10.6 Å². The number of carbonyl (C=O) groups is 4. The highest BCUT2D eigenvalue weighted by Crippen LogP contribution is 2.56. The van der Waals surface area contributed by atoms with Gasteiger partial charge < -0.3 is 30.1 Å². The lowest BCUT2D eigenvalue weighted by Crippen LogP contribution is -2.31. The summed E-state index contributed by atoms with van der Waals surface area (Å²) < 4.78 is 10.9. The van der Waals surface area contributed by atoms with E-state index in [0.717, 1.165) is 33.4 Å². The molecule has 8 aromatic rings. The minimum Gasteiger partial charge on any atom is -0.465 e. The molecule has 0 atom stereocenters. The summed E-state index contributed by atoms with van der Waals surface area (Å²) in [7, 11) is 0. The molecule has 2 heterocycles. The predicted octanol–water partition coefficient (Wildman–Crippen LogP) is 10.1.